The lowest BCUT2D eigenvalue weighted by Gasteiger charge is -2.25. The van der Waals surface area contributed by atoms with Crippen LogP contribution >= 0.6 is 0 Å². The molecule has 9 nitrogen and oxygen atoms in total. The van der Waals surface area contributed by atoms with Crippen molar-refractivity contribution in [1.29, 1.82) is 0 Å². The number of rotatable bonds is 11. The van der Waals surface area contributed by atoms with Crippen molar-refractivity contribution < 1.29 is 29.5 Å². The molecule has 0 aliphatic carbocycles. The van der Waals surface area contributed by atoms with Gasteiger partial charge < -0.3 is 19.8 Å². The van der Waals surface area contributed by atoms with Gasteiger partial charge in [0, 0.05) is 17.9 Å². The largest absolute Gasteiger partial charge is 0.508 e. The van der Waals surface area contributed by atoms with E-state index in [4.69, 9.17) is 4.74 Å². The number of amides is 1. The van der Waals surface area contributed by atoms with Crippen LogP contribution in [0.4, 0.5) is 5.69 Å². The van der Waals surface area contributed by atoms with Gasteiger partial charge in [-0.25, -0.2) is 4.79 Å². The highest BCUT2D eigenvalue weighted by Gasteiger charge is 2.22. The summed E-state index contributed by atoms with van der Waals surface area (Å²) in [5.41, 5.74) is 0.700. The Bertz CT molecular complexity index is 897. The first-order chi connectivity index (χ1) is 14.3. The molecule has 2 aromatic carbocycles. The zero-order valence-corrected chi connectivity index (χ0v) is 16.6. The Morgan fingerprint density at radius 2 is 1.87 bits per heavy atom. The highest BCUT2D eigenvalue weighted by molar-refractivity contribution is 6.02. The second kappa shape index (κ2) is 10.8. The van der Waals surface area contributed by atoms with Crippen molar-refractivity contribution in [3.63, 3.8) is 0 Å². The van der Waals surface area contributed by atoms with E-state index in [2.05, 4.69) is 0 Å². The predicted molar refractivity (Wildman–Crippen MR) is 110 cm³/mol. The van der Waals surface area contributed by atoms with Crippen LogP contribution in [0.25, 0.3) is 0 Å². The maximum Gasteiger partial charge on any atom is 0.337 e. The molecule has 30 heavy (non-hydrogen) atoms. The lowest BCUT2D eigenvalue weighted by molar-refractivity contribution is -0.479. The molecule has 0 saturated carbocycles. The first-order valence-electron chi connectivity index (χ1n) is 9.52. The Morgan fingerprint density at radius 1 is 1.17 bits per heavy atom. The Balaban J connectivity index is 2.29. The SMILES string of the molecule is CCCCN(C(=O)COc1ccc(O)cc1)c1cc(CC[N+](=O)[O-])ccc1C(=O)O. The molecular formula is C21H24N2O7. The number of unbranched alkanes of at least 4 members (excludes halogenated alkanes) is 1. The molecule has 0 aromatic heterocycles. The first kappa shape index (κ1) is 22.7. The Morgan fingerprint density at radius 3 is 2.47 bits per heavy atom. The average Bonchev–Trinajstić information content (AvgIpc) is 2.72. The fourth-order valence-electron chi connectivity index (χ4n) is 2.82. The van der Waals surface area contributed by atoms with Crippen molar-refractivity contribution in [2.45, 2.75) is 26.2 Å². The summed E-state index contributed by atoms with van der Waals surface area (Å²) >= 11 is 0. The number of carbonyl (C=O) groups is 2. The van der Waals surface area contributed by atoms with Crippen LogP contribution in [-0.2, 0) is 11.2 Å². The van der Waals surface area contributed by atoms with Gasteiger partial charge in [0.05, 0.1) is 11.3 Å². The van der Waals surface area contributed by atoms with Gasteiger partial charge in [-0.05, 0) is 48.4 Å². The normalized spacial score (nSPS) is 10.4. The summed E-state index contributed by atoms with van der Waals surface area (Å²) in [6.07, 6.45) is 1.55. The molecule has 2 rings (SSSR count). The summed E-state index contributed by atoms with van der Waals surface area (Å²) in [4.78, 5) is 36.2. The van der Waals surface area contributed by atoms with Crippen molar-refractivity contribution in [1.82, 2.24) is 0 Å². The van der Waals surface area contributed by atoms with E-state index in [-0.39, 0.29) is 43.1 Å². The molecule has 1 amide bonds. The Hall–Kier alpha value is -3.62. The van der Waals surface area contributed by atoms with Crippen molar-refractivity contribution in [3.8, 4) is 11.5 Å². The van der Waals surface area contributed by atoms with Crippen LogP contribution in [-0.4, -0.2) is 46.7 Å². The second-order valence-corrected chi connectivity index (χ2v) is 6.64. The highest BCUT2D eigenvalue weighted by Crippen LogP contribution is 2.25. The standard InChI is InChI=1S/C21H24N2O7/c1-2-3-11-22(20(25)14-30-17-7-5-16(24)6-8-17)19-13-15(10-12-23(28)29)4-9-18(19)21(26)27/h4-9,13,24H,2-3,10-12,14H2,1H3,(H,26,27). The minimum absolute atomic E-state index is 0.0612. The monoisotopic (exact) mass is 416 g/mol. The van der Waals surface area contributed by atoms with Crippen LogP contribution in [0.2, 0.25) is 0 Å². The third-order valence-electron chi connectivity index (χ3n) is 4.40. The number of aromatic hydroxyl groups is 1. The average molecular weight is 416 g/mol. The van der Waals surface area contributed by atoms with Gasteiger partial charge in [0.1, 0.15) is 11.5 Å². The number of carboxylic acids is 1. The fourth-order valence-corrected chi connectivity index (χ4v) is 2.82. The van der Waals surface area contributed by atoms with Crippen LogP contribution in [0.3, 0.4) is 0 Å². The number of carbonyl (C=O) groups excluding carboxylic acids is 1. The summed E-state index contributed by atoms with van der Waals surface area (Å²) < 4.78 is 5.48. The quantitative estimate of drug-likeness (QED) is 0.425. The fraction of sp³-hybridized carbons (Fsp3) is 0.333. The number of anilines is 1. The first-order valence-corrected chi connectivity index (χ1v) is 9.52. The van der Waals surface area contributed by atoms with Crippen LogP contribution in [0.15, 0.2) is 42.5 Å². The molecule has 2 aromatic rings. The van der Waals surface area contributed by atoms with E-state index in [0.717, 1.165) is 6.42 Å². The molecule has 0 spiro atoms. The zero-order chi connectivity index (χ0) is 22.1. The molecule has 0 unspecified atom stereocenters. The highest BCUT2D eigenvalue weighted by atomic mass is 16.6. The van der Waals surface area contributed by atoms with Gasteiger partial charge in [0.25, 0.3) is 5.91 Å². The summed E-state index contributed by atoms with van der Waals surface area (Å²) in [5, 5.41) is 29.6. The molecular weight excluding hydrogens is 392 g/mol. The van der Waals surface area contributed by atoms with Gasteiger partial charge in [0.15, 0.2) is 6.61 Å². The molecule has 0 aliphatic heterocycles. The molecule has 0 radical (unpaired) electrons. The van der Waals surface area contributed by atoms with Gasteiger partial charge in [-0.1, -0.05) is 19.4 Å². The van der Waals surface area contributed by atoms with E-state index in [1.165, 1.54) is 47.4 Å². The molecule has 0 fully saturated rings. The maximum atomic E-state index is 12.9. The maximum absolute atomic E-state index is 12.9. The smallest absolute Gasteiger partial charge is 0.337 e. The lowest BCUT2D eigenvalue weighted by Crippen LogP contribution is -2.37. The molecule has 0 atom stereocenters. The third kappa shape index (κ3) is 6.47. The van der Waals surface area contributed by atoms with Crippen molar-refractivity contribution >= 4 is 17.6 Å². The number of aromatic carboxylic acids is 1. The second-order valence-electron chi connectivity index (χ2n) is 6.64. The number of nitrogens with zero attached hydrogens (tertiary/aromatic N) is 2. The van der Waals surface area contributed by atoms with E-state index in [9.17, 15) is 29.9 Å². The minimum Gasteiger partial charge on any atom is -0.508 e. The van der Waals surface area contributed by atoms with E-state index in [1.807, 2.05) is 6.92 Å². The third-order valence-corrected chi connectivity index (χ3v) is 4.40. The van der Waals surface area contributed by atoms with Gasteiger partial charge >= 0.3 is 5.97 Å². The molecule has 0 aliphatic rings. The topological polar surface area (TPSA) is 130 Å². The van der Waals surface area contributed by atoms with Gasteiger partial charge in [-0.3, -0.25) is 14.9 Å². The van der Waals surface area contributed by atoms with E-state index < -0.39 is 16.8 Å². The number of benzene rings is 2. The van der Waals surface area contributed by atoms with Crippen LogP contribution in [0.1, 0.15) is 35.7 Å². The van der Waals surface area contributed by atoms with Crippen molar-refractivity contribution in [2.75, 3.05) is 24.6 Å². The Labute approximate surface area is 173 Å². The summed E-state index contributed by atoms with van der Waals surface area (Å²) in [6, 6.07) is 10.3. The molecule has 9 heteroatoms. The van der Waals surface area contributed by atoms with Gasteiger partial charge in [-0.2, -0.15) is 0 Å². The van der Waals surface area contributed by atoms with Crippen molar-refractivity contribution in [3.05, 3.63) is 63.7 Å². The molecule has 0 heterocycles. The molecule has 2 N–H and O–H groups in total. The minimum atomic E-state index is -1.19. The van der Waals surface area contributed by atoms with Gasteiger partial charge in [0.2, 0.25) is 6.54 Å². The summed E-state index contributed by atoms with van der Waals surface area (Å²) in [5.74, 6) is -1.18. The number of hydrogen-bond donors (Lipinski definition) is 2. The Kier molecular flexibility index (Phi) is 8.16. The van der Waals surface area contributed by atoms with Gasteiger partial charge in [-0.15, -0.1) is 0 Å². The van der Waals surface area contributed by atoms with Crippen LogP contribution in [0.5, 0.6) is 11.5 Å². The number of ether oxygens (including phenoxy) is 1. The number of phenols is 1. The summed E-state index contributed by atoms with van der Waals surface area (Å²) in [7, 11) is 0. The van der Waals surface area contributed by atoms with E-state index in [0.29, 0.717) is 17.7 Å². The summed E-state index contributed by atoms with van der Waals surface area (Å²) in [6.45, 7) is 1.61. The molecule has 0 saturated heterocycles. The number of phenolic OH excluding ortho intramolecular Hbond substituents is 1. The predicted octanol–water partition coefficient (Wildman–Crippen LogP) is 3.12. The number of nitro groups is 1. The number of carboxylic acid groups (broad SMARTS) is 1. The lowest BCUT2D eigenvalue weighted by atomic mass is 10.0. The van der Waals surface area contributed by atoms with E-state index in [1.54, 1.807) is 0 Å². The number of hydrogen-bond acceptors (Lipinski definition) is 6. The van der Waals surface area contributed by atoms with E-state index >= 15 is 0 Å². The van der Waals surface area contributed by atoms with Crippen LogP contribution < -0.4 is 9.64 Å². The van der Waals surface area contributed by atoms with Crippen molar-refractivity contribution in [2.24, 2.45) is 0 Å². The molecule has 160 valence electrons. The van der Waals surface area contributed by atoms with Crippen LogP contribution in [0, 0.1) is 10.1 Å². The molecule has 0 bridgehead atoms. The zero-order valence-electron chi connectivity index (χ0n) is 16.6.